The van der Waals surface area contributed by atoms with Crippen LogP contribution in [0.2, 0.25) is 0 Å². The van der Waals surface area contributed by atoms with E-state index in [0.29, 0.717) is 6.61 Å². The molecule has 1 aliphatic rings. The number of hydrogen-bond acceptors (Lipinski definition) is 4. The summed E-state index contributed by atoms with van der Waals surface area (Å²) in [7, 11) is 0. The molecule has 150 valence electrons. The predicted octanol–water partition coefficient (Wildman–Crippen LogP) is 5.90. The van der Waals surface area contributed by atoms with Crippen LogP contribution in [-0.2, 0) is 17.8 Å². The first kappa shape index (κ1) is 19.6. The fourth-order valence-corrected chi connectivity index (χ4v) is 4.92. The number of carbonyl (C=O) groups is 1. The van der Waals surface area contributed by atoms with Gasteiger partial charge in [-0.15, -0.1) is 11.3 Å². The molecule has 1 N–H and O–H groups in total. The van der Waals surface area contributed by atoms with E-state index in [1.807, 2.05) is 13.0 Å². The molecule has 0 radical (unpaired) electrons. The molecule has 0 spiro atoms. The third-order valence-electron chi connectivity index (χ3n) is 5.54. The van der Waals surface area contributed by atoms with Crippen molar-refractivity contribution in [3.63, 3.8) is 0 Å². The van der Waals surface area contributed by atoms with Crippen molar-refractivity contribution in [3.05, 3.63) is 69.7 Å². The molecule has 4 rings (SSSR count). The van der Waals surface area contributed by atoms with Crippen LogP contribution in [0, 0.1) is 13.8 Å². The molecule has 4 nitrogen and oxygen atoms in total. The van der Waals surface area contributed by atoms with Gasteiger partial charge in [-0.3, -0.25) is 4.79 Å². The summed E-state index contributed by atoms with van der Waals surface area (Å²) in [6.07, 6.45) is 3.17. The number of carboxylic acids is 1. The number of carboxylic acid groups (broad SMARTS) is 1. The minimum Gasteiger partial charge on any atom is -0.488 e. The third-order valence-corrected chi connectivity index (χ3v) is 6.72. The zero-order valence-electron chi connectivity index (χ0n) is 16.8. The number of nitrogens with zero attached hydrogens (tertiary/aromatic N) is 1. The van der Waals surface area contributed by atoms with Gasteiger partial charge in [-0.25, -0.2) is 4.98 Å². The number of aromatic nitrogens is 1. The molecule has 3 aromatic rings. The van der Waals surface area contributed by atoms with Gasteiger partial charge in [0.1, 0.15) is 17.4 Å². The topological polar surface area (TPSA) is 59.4 Å². The second kappa shape index (κ2) is 8.37. The molecular weight excluding hydrogens is 382 g/mol. The lowest BCUT2D eigenvalue weighted by Crippen LogP contribution is -2.13. The number of aryl methyl sites for hydroxylation is 3. The molecule has 1 heterocycles. The number of fused-ring (bicyclic) bond motifs is 1. The summed E-state index contributed by atoms with van der Waals surface area (Å²) in [5.41, 5.74) is 5.77. The molecule has 1 atom stereocenters. The minimum absolute atomic E-state index is 0.117. The van der Waals surface area contributed by atoms with Crippen molar-refractivity contribution in [3.8, 4) is 16.3 Å². The number of thiazole rings is 1. The molecule has 0 fully saturated rings. The van der Waals surface area contributed by atoms with Crippen LogP contribution in [0.5, 0.6) is 5.75 Å². The SMILES string of the molecule is Cc1ccc(-c2nc(C)c(COc3ccc4c(c3)CCC[C@H]4CC(=O)O)s2)cc1. The first-order chi connectivity index (χ1) is 14.0. The normalized spacial score (nSPS) is 15.7. The number of benzene rings is 2. The highest BCUT2D eigenvalue weighted by molar-refractivity contribution is 7.15. The first-order valence-electron chi connectivity index (χ1n) is 10.0. The van der Waals surface area contributed by atoms with Gasteiger partial charge < -0.3 is 9.84 Å². The number of rotatable bonds is 6. The highest BCUT2D eigenvalue weighted by Crippen LogP contribution is 2.36. The van der Waals surface area contributed by atoms with Crippen molar-refractivity contribution in [2.24, 2.45) is 0 Å². The van der Waals surface area contributed by atoms with Gasteiger partial charge in [0.25, 0.3) is 0 Å². The number of ether oxygens (including phenoxy) is 1. The molecule has 1 aromatic heterocycles. The minimum atomic E-state index is -0.728. The number of hydrogen-bond donors (Lipinski definition) is 1. The molecule has 0 amide bonds. The first-order valence-corrected chi connectivity index (χ1v) is 10.8. The summed E-state index contributed by atoms with van der Waals surface area (Å²) in [5, 5.41) is 10.2. The quantitative estimate of drug-likeness (QED) is 0.553. The van der Waals surface area contributed by atoms with Crippen molar-refractivity contribution in [2.75, 3.05) is 0 Å². The maximum Gasteiger partial charge on any atom is 0.303 e. The van der Waals surface area contributed by atoms with Gasteiger partial charge in [0.05, 0.1) is 17.0 Å². The summed E-state index contributed by atoms with van der Waals surface area (Å²) < 4.78 is 6.08. The maximum absolute atomic E-state index is 11.1. The van der Waals surface area contributed by atoms with Crippen LogP contribution >= 0.6 is 11.3 Å². The van der Waals surface area contributed by atoms with E-state index in [2.05, 4.69) is 43.3 Å². The Morgan fingerprint density at radius 2 is 2.00 bits per heavy atom. The summed E-state index contributed by atoms with van der Waals surface area (Å²) >= 11 is 1.67. The summed E-state index contributed by atoms with van der Waals surface area (Å²) in [6, 6.07) is 14.5. The zero-order valence-corrected chi connectivity index (χ0v) is 17.6. The molecule has 29 heavy (non-hydrogen) atoms. The van der Waals surface area contributed by atoms with Crippen molar-refractivity contribution in [2.45, 2.75) is 52.1 Å². The molecule has 0 bridgehead atoms. The molecule has 0 aliphatic heterocycles. The molecule has 0 saturated heterocycles. The highest BCUT2D eigenvalue weighted by Gasteiger charge is 2.23. The molecule has 2 aromatic carbocycles. The van der Waals surface area contributed by atoms with Gasteiger partial charge in [-0.2, -0.15) is 0 Å². The Morgan fingerprint density at radius 3 is 2.76 bits per heavy atom. The maximum atomic E-state index is 11.1. The van der Waals surface area contributed by atoms with Gasteiger partial charge in [0.15, 0.2) is 0 Å². The standard InChI is InChI=1S/C24H25NO3S/c1-15-6-8-17(9-7-15)24-25-16(2)22(29-24)14-28-20-10-11-21-18(12-20)4-3-5-19(21)13-23(26)27/h6-12,19H,3-5,13-14H2,1-2H3,(H,26,27)/t19-/m0/s1. The van der Waals surface area contributed by atoms with Crippen LogP contribution in [-0.4, -0.2) is 16.1 Å². The van der Waals surface area contributed by atoms with Gasteiger partial charge >= 0.3 is 5.97 Å². The van der Waals surface area contributed by atoms with E-state index in [0.717, 1.165) is 46.2 Å². The van der Waals surface area contributed by atoms with Gasteiger partial charge in [-0.05, 0) is 62.3 Å². The van der Waals surface area contributed by atoms with Crippen molar-refractivity contribution >= 4 is 17.3 Å². The van der Waals surface area contributed by atoms with E-state index in [1.54, 1.807) is 11.3 Å². The van der Waals surface area contributed by atoms with E-state index < -0.39 is 5.97 Å². The smallest absolute Gasteiger partial charge is 0.303 e. The Bertz CT molecular complexity index is 1020. The predicted molar refractivity (Wildman–Crippen MR) is 116 cm³/mol. The Balaban J connectivity index is 1.47. The summed E-state index contributed by atoms with van der Waals surface area (Å²) in [6.45, 7) is 4.60. The fourth-order valence-electron chi connectivity index (χ4n) is 3.93. The lowest BCUT2D eigenvalue weighted by atomic mass is 9.81. The van der Waals surface area contributed by atoms with E-state index in [-0.39, 0.29) is 12.3 Å². The summed E-state index contributed by atoms with van der Waals surface area (Å²) in [4.78, 5) is 17.0. The van der Waals surface area contributed by atoms with Crippen LogP contribution in [0.25, 0.3) is 10.6 Å². The molecule has 0 unspecified atom stereocenters. The van der Waals surface area contributed by atoms with Crippen LogP contribution in [0.1, 0.15) is 52.4 Å². The van der Waals surface area contributed by atoms with Crippen molar-refractivity contribution in [1.29, 1.82) is 0 Å². The summed E-state index contributed by atoms with van der Waals surface area (Å²) in [5.74, 6) is 0.226. The van der Waals surface area contributed by atoms with E-state index in [9.17, 15) is 4.79 Å². The molecule has 0 saturated carbocycles. The van der Waals surface area contributed by atoms with Crippen LogP contribution in [0.3, 0.4) is 0 Å². The van der Waals surface area contributed by atoms with Crippen molar-refractivity contribution in [1.82, 2.24) is 4.98 Å². The largest absolute Gasteiger partial charge is 0.488 e. The zero-order chi connectivity index (χ0) is 20.4. The highest BCUT2D eigenvalue weighted by atomic mass is 32.1. The molecule has 5 heteroatoms. The van der Waals surface area contributed by atoms with Gasteiger partial charge in [0.2, 0.25) is 0 Å². The Labute approximate surface area is 175 Å². The lowest BCUT2D eigenvalue weighted by Gasteiger charge is -2.24. The Hall–Kier alpha value is -2.66. The van der Waals surface area contributed by atoms with Crippen molar-refractivity contribution < 1.29 is 14.6 Å². The third kappa shape index (κ3) is 4.51. The van der Waals surface area contributed by atoms with Gasteiger partial charge in [0, 0.05) is 5.56 Å². The van der Waals surface area contributed by atoms with Crippen LogP contribution in [0.15, 0.2) is 42.5 Å². The molecule has 1 aliphatic carbocycles. The monoisotopic (exact) mass is 407 g/mol. The van der Waals surface area contributed by atoms with Crippen LogP contribution in [0.4, 0.5) is 0 Å². The fraction of sp³-hybridized carbons (Fsp3) is 0.333. The average Bonchev–Trinajstić information content (AvgIpc) is 3.07. The number of aliphatic carboxylic acids is 1. The van der Waals surface area contributed by atoms with Crippen LogP contribution < -0.4 is 4.74 Å². The van der Waals surface area contributed by atoms with E-state index >= 15 is 0 Å². The lowest BCUT2D eigenvalue weighted by molar-refractivity contribution is -0.137. The van der Waals surface area contributed by atoms with E-state index in [1.165, 1.54) is 16.7 Å². The van der Waals surface area contributed by atoms with E-state index in [4.69, 9.17) is 14.8 Å². The second-order valence-electron chi connectivity index (χ2n) is 7.73. The average molecular weight is 408 g/mol. The van der Waals surface area contributed by atoms with Gasteiger partial charge in [-0.1, -0.05) is 35.9 Å². The Morgan fingerprint density at radius 1 is 1.21 bits per heavy atom. The molecular formula is C24H25NO3S. The Kier molecular flexibility index (Phi) is 5.67. The second-order valence-corrected chi connectivity index (χ2v) is 8.81.